The molecule has 2 aromatic heterocycles. The van der Waals surface area contributed by atoms with Crippen molar-refractivity contribution in [2.75, 3.05) is 0 Å². The molecule has 1 N–H and O–H groups in total. The van der Waals surface area contributed by atoms with Gasteiger partial charge in [0, 0.05) is 10.7 Å². The lowest BCUT2D eigenvalue weighted by Gasteiger charge is -1.99. The number of halogens is 3. The molecule has 0 spiro atoms. The van der Waals surface area contributed by atoms with Crippen LogP contribution < -0.4 is 0 Å². The summed E-state index contributed by atoms with van der Waals surface area (Å²) in [6, 6.07) is 6.49. The summed E-state index contributed by atoms with van der Waals surface area (Å²) in [6.07, 6.45) is 1.44. The summed E-state index contributed by atoms with van der Waals surface area (Å²) in [5, 5.41) is 14.4. The largest absolute Gasteiger partial charge is 0.507 e. The molecule has 3 rings (SSSR count). The maximum Gasteiger partial charge on any atom is 0.262 e. The molecule has 0 aliphatic carbocycles. The van der Waals surface area contributed by atoms with Crippen LogP contribution in [-0.2, 0) is 0 Å². The number of nitrogens with zero attached hydrogens (tertiary/aromatic N) is 3. The third-order valence-corrected chi connectivity index (χ3v) is 3.62. The van der Waals surface area contributed by atoms with E-state index in [1.165, 1.54) is 12.3 Å². The number of aromatic hydroxyl groups is 1. The number of hydrogen-bond donors (Lipinski definition) is 1. The van der Waals surface area contributed by atoms with Gasteiger partial charge in [-0.2, -0.15) is 4.98 Å². The Morgan fingerprint density at radius 2 is 2.00 bits per heavy atom. The molecule has 0 atom stereocenters. The standard InChI is InChI=1S/C13H6BrCl2N3O2/c14-6-1-2-8(10(20)3-6)13-18-12(19-21-13)11-9(16)4-7(15)5-17-11/h1-5,20H. The van der Waals surface area contributed by atoms with Gasteiger partial charge in [0.15, 0.2) is 0 Å². The highest BCUT2D eigenvalue weighted by Crippen LogP contribution is 2.32. The highest BCUT2D eigenvalue weighted by atomic mass is 79.9. The van der Waals surface area contributed by atoms with E-state index in [0.29, 0.717) is 21.3 Å². The van der Waals surface area contributed by atoms with Gasteiger partial charge in [-0.15, -0.1) is 0 Å². The van der Waals surface area contributed by atoms with E-state index in [4.69, 9.17) is 27.7 Å². The number of rotatable bonds is 2. The Bertz CT molecular complexity index is 757. The zero-order valence-electron chi connectivity index (χ0n) is 10.2. The number of aromatic nitrogens is 3. The molecule has 21 heavy (non-hydrogen) atoms. The van der Waals surface area contributed by atoms with Gasteiger partial charge >= 0.3 is 0 Å². The van der Waals surface area contributed by atoms with E-state index >= 15 is 0 Å². The Balaban J connectivity index is 2.03. The van der Waals surface area contributed by atoms with Crippen LogP contribution in [-0.4, -0.2) is 20.2 Å². The predicted octanol–water partition coefficient (Wildman–Crippen LogP) is 4.57. The molecule has 5 nitrogen and oxygen atoms in total. The van der Waals surface area contributed by atoms with E-state index in [1.54, 1.807) is 18.2 Å². The molecule has 0 saturated heterocycles. The quantitative estimate of drug-likeness (QED) is 0.698. The Morgan fingerprint density at radius 1 is 1.19 bits per heavy atom. The van der Waals surface area contributed by atoms with Crippen molar-refractivity contribution < 1.29 is 9.63 Å². The van der Waals surface area contributed by atoms with Crippen molar-refractivity contribution in [3.05, 3.63) is 45.0 Å². The molecule has 106 valence electrons. The van der Waals surface area contributed by atoms with Crippen LogP contribution in [0.15, 0.2) is 39.5 Å². The van der Waals surface area contributed by atoms with Crippen molar-refractivity contribution in [2.24, 2.45) is 0 Å². The van der Waals surface area contributed by atoms with Gasteiger partial charge in [-0.1, -0.05) is 44.3 Å². The topological polar surface area (TPSA) is 72.0 Å². The molecule has 0 fully saturated rings. The van der Waals surface area contributed by atoms with Crippen molar-refractivity contribution in [3.8, 4) is 28.7 Å². The summed E-state index contributed by atoms with van der Waals surface area (Å²) in [5.74, 6) is 0.409. The fourth-order valence-corrected chi connectivity index (χ4v) is 2.51. The lowest BCUT2D eigenvalue weighted by atomic mass is 10.2. The molecule has 0 bridgehead atoms. The minimum absolute atomic E-state index is 0.0229. The lowest BCUT2D eigenvalue weighted by Crippen LogP contribution is -1.87. The molecule has 3 aromatic rings. The number of hydrogen-bond acceptors (Lipinski definition) is 5. The van der Waals surface area contributed by atoms with Crippen LogP contribution in [0.3, 0.4) is 0 Å². The maximum absolute atomic E-state index is 9.90. The predicted molar refractivity (Wildman–Crippen MR) is 82.3 cm³/mol. The van der Waals surface area contributed by atoms with Crippen molar-refractivity contribution in [3.63, 3.8) is 0 Å². The van der Waals surface area contributed by atoms with Gasteiger partial charge in [-0.05, 0) is 24.3 Å². The molecule has 2 heterocycles. The minimum Gasteiger partial charge on any atom is -0.507 e. The average Bonchev–Trinajstić information content (AvgIpc) is 2.87. The Labute approximate surface area is 137 Å². The van der Waals surface area contributed by atoms with E-state index in [-0.39, 0.29) is 17.5 Å². The Kier molecular flexibility index (Phi) is 3.84. The second-order valence-corrected chi connectivity index (χ2v) is 5.83. The average molecular weight is 387 g/mol. The first kappa shape index (κ1) is 14.3. The van der Waals surface area contributed by atoms with Crippen molar-refractivity contribution in [2.45, 2.75) is 0 Å². The van der Waals surface area contributed by atoms with Gasteiger partial charge in [0.2, 0.25) is 5.82 Å². The number of phenolic OH excluding ortho intramolecular Hbond substituents is 1. The molecule has 0 aliphatic rings. The van der Waals surface area contributed by atoms with Gasteiger partial charge in [0.25, 0.3) is 5.89 Å². The molecule has 1 aromatic carbocycles. The number of benzene rings is 1. The SMILES string of the molecule is Oc1cc(Br)ccc1-c1nc(-c2ncc(Cl)cc2Cl)no1. The number of pyridine rings is 1. The van der Waals surface area contributed by atoms with Crippen LogP contribution >= 0.6 is 39.1 Å². The summed E-state index contributed by atoms with van der Waals surface area (Å²) in [5.41, 5.74) is 0.773. The van der Waals surface area contributed by atoms with Crippen LogP contribution in [0.4, 0.5) is 0 Å². The second kappa shape index (κ2) is 5.63. The summed E-state index contributed by atoms with van der Waals surface area (Å²) >= 11 is 15.1. The minimum atomic E-state index is 0.0229. The van der Waals surface area contributed by atoms with Crippen LogP contribution in [0.2, 0.25) is 10.0 Å². The first-order valence-corrected chi connectivity index (χ1v) is 7.23. The Morgan fingerprint density at radius 3 is 2.71 bits per heavy atom. The van der Waals surface area contributed by atoms with Crippen LogP contribution in [0.1, 0.15) is 0 Å². The fraction of sp³-hybridized carbons (Fsp3) is 0. The molecular weight excluding hydrogens is 381 g/mol. The summed E-state index contributed by atoms with van der Waals surface area (Å²) in [4.78, 5) is 8.26. The lowest BCUT2D eigenvalue weighted by molar-refractivity contribution is 0.425. The Hall–Kier alpha value is -1.63. The zero-order chi connectivity index (χ0) is 15.0. The van der Waals surface area contributed by atoms with Crippen LogP contribution in [0.25, 0.3) is 23.0 Å². The van der Waals surface area contributed by atoms with Crippen LogP contribution in [0, 0.1) is 0 Å². The first-order valence-electron chi connectivity index (χ1n) is 5.68. The molecule has 0 unspecified atom stereocenters. The van der Waals surface area contributed by atoms with Gasteiger partial charge in [0.05, 0.1) is 15.6 Å². The fourth-order valence-electron chi connectivity index (χ4n) is 1.69. The van der Waals surface area contributed by atoms with Crippen LogP contribution in [0.5, 0.6) is 5.75 Å². The van der Waals surface area contributed by atoms with Crippen molar-refractivity contribution in [1.82, 2.24) is 15.1 Å². The van der Waals surface area contributed by atoms with Crippen molar-refractivity contribution >= 4 is 39.1 Å². The van der Waals surface area contributed by atoms with E-state index < -0.39 is 0 Å². The van der Waals surface area contributed by atoms with Gasteiger partial charge < -0.3 is 9.63 Å². The molecule has 0 radical (unpaired) electrons. The first-order chi connectivity index (χ1) is 10.0. The highest BCUT2D eigenvalue weighted by molar-refractivity contribution is 9.10. The van der Waals surface area contributed by atoms with E-state index in [0.717, 1.165) is 4.47 Å². The van der Waals surface area contributed by atoms with Gasteiger partial charge in [-0.3, -0.25) is 0 Å². The molecule has 0 amide bonds. The van der Waals surface area contributed by atoms with E-state index in [1.807, 2.05) is 0 Å². The number of phenols is 1. The summed E-state index contributed by atoms with van der Waals surface area (Å²) in [7, 11) is 0. The monoisotopic (exact) mass is 385 g/mol. The third kappa shape index (κ3) is 2.88. The third-order valence-electron chi connectivity index (χ3n) is 2.64. The highest BCUT2D eigenvalue weighted by Gasteiger charge is 2.17. The molecule has 0 aliphatic heterocycles. The smallest absolute Gasteiger partial charge is 0.262 e. The molecular formula is C13H6BrCl2N3O2. The summed E-state index contributed by atoms with van der Waals surface area (Å²) < 4.78 is 5.88. The maximum atomic E-state index is 9.90. The molecule has 0 saturated carbocycles. The van der Waals surface area contributed by atoms with E-state index in [9.17, 15) is 5.11 Å². The normalized spacial score (nSPS) is 10.8. The van der Waals surface area contributed by atoms with Crippen molar-refractivity contribution in [1.29, 1.82) is 0 Å². The van der Waals surface area contributed by atoms with Gasteiger partial charge in [-0.25, -0.2) is 4.98 Å². The molecule has 8 heteroatoms. The van der Waals surface area contributed by atoms with Gasteiger partial charge in [0.1, 0.15) is 11.4 Å². The second-order valence-electron chi connectivity index (χ2n) is 4.07. The zero-order valence-corrected chi connectivity index (χ0v) is 13.3. The van der Waals surface area contributed by atoms with E-state index in [2.05, 4.69) is 31.1 Å². The summed E-state index contributed by atoms with van der Waals surface area (Å²) in [6.45, 7) is 0.